The van der Waals surface area contributed by atoms with E-state index in [2.05, 4.69) is 10.5 Å². The third-order valence-electron chi connectivity index (χ3n) is 2.73. The number of hydrogen-bond acceptors (Lipinski definition) is 3. The minimum Gasteiger partial charge on any atom is -0.409 e. The van der Waals surface area contributed by atoms with E-state index >= 15 is 0 Å². The first-order valence-corrected chi connectivity index (χ1v) is 6.24. The molecule has 0 saturated heterocycles. The minimum absolute atomic E-state index is 0.159. The van der Waals surface area contributed by atoms with E-state index in [-0.39, 0.29) is 16.4 Å². The predicted octanol–water partition coefficient (Wildman–Crippen LogP) is 2.83. The Bertz CT molecular complexity index is 719. The highest BCUT2D eigenvalue weighted by Gasteiger charge is 2.14. The van der Waals surface area contributed by atoms with Crippen LogP contribution in [0.4, 0.5) is 10.1 Å². The van der Waals surface area contributed by atoms with E-state index in [4.69, 9.17) is 22.5 Å². The fraction of sp³-hybridized carbons (Fsp3) is 0. The number of nitrogens with zero attached hydrogens (tertiary/aromatic N) is 1. The summed E-state index contributed by atoms with van der Waals surface area (Å²) in [5.74, 6) is -1.56. The van der Waals surface area contributed by atoms with Gasteiger partial charge in [0.15, 0.2) is 5.84 Å². The topological polar surface area (TPSA) is 87.7 Å². The van der Waals surface area contributed by atoms with Crippen molar-refractivity contribution >= 4 is 29.0 Å². The molecule has 1 amide bonds. The maximum atomic E-state index is 13.7. The Morgan fingerprint density at radius 1 is 1.24 bits per heavy atom. The van der Waals surface area contributed by atoms with Crippen LogP contribution in [-0.2, 0) is 0 Å². The molecule has 2 aromatic carbocycles. The molecule has 108 valence electrons. The van der Waals surface area contributed by atoms with Crippen LogP contribution < -0.4 is 11.1 Å². The molecule has 7 heteroatoms. The van der Waals surface area contributed by atoms with Crippen molar-refractivity contribution in [1.82, 2.24) is 0 Å². The monoisotopic (exact) mass is 307 g/mol. The molecule has 0 aliphatic rings. The summed E-state index contributed by atoms with van der Waals surface area (Å²) in [6, 6.07) is 10.2. The van der Waals surface area contributed by atoms with Crippen LogP contribution in [0.3, 0.4) is 0 Å². The first kappa shape index (κ1) is 14.8. The Hall–Kier alpha value is -2.60. The number of halogens is 2. The quantitative estimate of drug-likeness (QED) is 0.352. The Morgan fingerprint density at radius 2 is 1.95 bits per heavy atom. The third kappa shape index (κ3) is 3.29. The van der Waals surface area contributed by atoms with Crippen molar-refractivity contribution in [3.05, 3.63) is 64.4 Å². The Labute approximate surface area is 124 Å². The maximum absolute atomic E-state index is 13.7. The van der Waals surface area contributed by atoms with Crippen molar-refractivity contribution in [2.24, 2.45) is 10.9 Å². The van der Waals surface area contributed by atoms with Gasteiger partial charge in [-0.25, -0.2) is 4.39 Å². The van der Waals surface area contributed by atoms with Crippen molar-refractivity contribution in [2.45, 2.75) is 0 Å². The van der Waals surface area contributed by atoms with Gasteiger partial charge in [0.2, 0.25) is 0 Å². The molecule has 0 heterocycles. The standard InChI is InChI=1S/C14H11ClFN3O2/c15-8-5-6-9(11(16)7-8)14(20)18-12-4-2-1-3-10(12)13(17)19-21/h1-7,21H,(H2,17,19)(H,18,20). The molecule has 21 heavy (non-hydrogen) atoms. The van der Waals surface area contributed by atoms with Gasteiger partial charge in [0, 0.05) is 10.6 Å². The van der Waals surface area contributed by atoms with Crippen LogP contribution in [0.15, 0.2) is 47.6 Å². The summed E-state index contributed by atoms with van der Waals surface area (Å²) in [5, 5.41) is 14.3. The number of oxime groups is 1. The highest BCUT2D eigenvalue weighted by atomic mass is 35.5. The smallest absolute Gasteiger partial charge is 0.258 e. The van der Waals surface area contributed by atoms with Gasteiger partial charge >= 0.3 is 0 Å². The number of amidine groups is 1. The van der Waals surface area contributed by atoms with Crippen molar-refractivity contribution in [3.8, 4) is 0 Å². The van der Waals surface area contributed by atoms with Gasteiger partial charge in [0.25, 0.3) is 5.91 Å². The normalized spacial score (nSPS) is 11.2. The molecular formula is C14H11ClFN3O2. The zero-order chi connectivity index (χ0) is 15.4. The maximum Gasteiger partial charge on any atom is 0.258 e. The van der Waals surface area contributed by atoms with Gasteiger partial charge in [0.05, 0.1) is 11.3 Å². The van der Waals surface area contributed by atoms with Crippen molar-refractivity contribution < 1.29 is 14.4 Å². The van der Waals surface area contributed by atoms with Gasteiger partial charge in [-0.15, -0.1) is 0 Å². The molecule has 2 rings (SSSR count). The largest absolute Gasteiger partial charge is 0.409 e. The first-order chi connectivity index (χ1) is 10.0. The molecular weight excluding hydrogens is 297 g/mol. The number of hydrogen-bond donors (Lipinski definition) is 3. The number of benzene rings is 2. The van der Waals surface area contributed by atoms with Crippen molar-refractivity contribution in [2.75, 3.05) is 5.32 Å². The van der Waals surface area contributed by atoms with Crippen molar-refractivity contribution in [3.63, 3.8) is 0 Å². The number of rotatable bonds is 3. The average Bonchev–Trinajstić information content (AvgIpc) is 2.46. The van der Waals surface area contributed by atoms with E-state index in [0.717, 1.165) is 6.07 Å². The van der Waals surface area contributed by atoms with E-state index in [1.165, 1.54) is 12.1 Å². The fourth-order valence-electron chi connectivity index (χ4n) is 1.73. The minimum atomic E-state index is -0.735. The van der Waals surface area contributed by atoms with Gasteiger partial charge in [-0.1, -0.05) is 28.9 Å². The van der Waals surface area contributed by atoms with Crippen LogP contribution in [0.25, 0.3) is 0 Å². The fourth-order valence-corrected chi connectivity index (χ4v) is 1.89. The molecule has 0 aromatic heterocycles. The first-order valence-electron chi connectivity index (χ1n) is 5.86. The molecule has 0 unspecified atom stereocenters. The van der Waals surface area contributed by atoms with E-state index < -0.39 is 11.7 Å². The van der Waals surface area contributed by atoms with Crippen LogP contribution in [0.1, 0.15) is 15.9 Å². The molecule has 0 atom stereocenters. The zero-order valence-corrected chi connectivity index (χ0v) is 11.4. The van der Waals surface area contributed by atoms with E-state index in [1.807, 2.05) is 0 Å². The summed E-state index contributed by atoms with van der Waals surface area (Å²) >= 11 is 5.64. The molecule has 0 saturated carbocycles. The Kier molecular flexibility index (Phi) is 4.39. The number of carbonyl (C=O) groups excluding carboxylic acids is 1. The van der Waals surface area contributed by atoms with Crippen molar-refractivity contribution in [1.29, 1.82) is 0 Å². The zero-order valence-electron chi connectivity index (χ0n) is 10.7. The number of nitrogens with two attached hydrogens (primary N) is 1. The Morgan fingerprint density at radius 3 is 2.62 bits per heavy atom. The van der Waals surface area contributed by atoms with Crippen LogP contribution in [-0.4, -0.2) is 17.0 Å². The average molecular weight is 308 g/mol. The van der Waals surface area contributed by atoms with Crippen LogP contribution >= 0.6 is 11.6 Å². The molecule has 0 aliphatic heterocycles. The van der Waals surface area contributed by atoms with Crippen LogP contribution in [0.2, 0.25) is 5.02 Å². The summed E-state index contributed by atoms with van der Waals surface area (Å²) in [4.78, 5) is 12.1. The lowest BCUT2D eigenvalue weighted by Gasteiger charge is -2.10. The molecule has 0 radical (unpaired) electrons. The lowest BCUT2D eigenvalue weighted by Crippen LogP contribution is -2.19. The van der Waals surface area contributed by atoms with Gasteiger partial charge in [-0.3, -0.25) is 4.79 Å². The van der Waals surface area contributed by atoms with Crippen LogP contribution in [0.5, 0.6) is 0 Å². The third-order valence-corrected chi connectivity index (χ3v) is 2.97. The molecule has 2 aromatic rings. The second kappa shape index (κ2) is 6.23. The molecule has 0 aliphatic carbocycles. The number of amides is 1. The summed E-state index contributed by atoms with van der Waals surface area (Å²) in [6.45, 7) is 0. The summed E-state index contributed by atoms with van der Waals surface area (Å²) in [5.41, 5.74) is 5.98. The summed E-state index contributed by atoms with van der Waals surface area (Å²) < 4.78 is 13.7. The SMILES string of the molecule is N/C(=N/O)c1ccccc1NC(=O)c1ccc(Cl)cc1F. The van der Waals surface area contributed by atoms with Gasteiger partial charge in [0.1, 0.15) is 5.82 Å². The van der Waals surface area contributed by atoms with Crippen LogP contribution in [0, 0.1) is 5.82 Å². The summed E-state index contributed by atoms with van der Waals surface area (Å²) in [6.07, 6.45) is 0. The highest BCUT2D eigenvalue weighted by Crippen LogP contribution is 2.19. The van der Waals surface area contributed by atoms with E-state index in [9.17, 15) is 9.18 Å². The molecule has 0 spiro atoms. The molecule has 0 bridgehead atoms. The van der Waals surface area contributed by atoms with Gasteiger partial charge in [-0.05, 0) is 30.3 Å². The number of para-hydroxylation sites is 1. The Balaban J connectivity index is 2.32. The number of anilines is 1. The number of carbonyl (C=O) groups is 1. The lowest BCUT2D eigenvalue weighted by molar-refractivity contribution is 0.102. The molecule has 4 N–H and O–H groups in total. The van der Waals surface area contributed by atoms with Gasteiger partial charge in [-0.2, -0.15) is 0 Å². The number of nitrogens with one attached hydrogen (secondary N) is 1. The second-order valence-electron chi connectivity index (χ2n) is 4.11. The summed E-state index contributed by atoms with van der Waals surface area (Å²) in [7, 11) is 0. The van der Waals surface area contributed by atoms with E-state index in [0.29, 0.717) is 11.3 Å². The molecule has 5 nitrogen and oxygen atoms in total. The molecule has 0 fully saturated rings. The lowest BCUT2D eigenvalue weighted by atomic mass is 10.1. The second-order valence-corrected chi connectivity index (χ2v) is 4.55. The highest BCUT2D eigenvalue weighted by molar-refractivity contribution is 6.30. The van der Waals surface area contributed by atoms with E-state index in [1.54, 1.807) is 24.3 Å². The predicted molar refractivity (Wildman–Crippen MR) is 78.3 cm³/mol. The van der Waals surface area contributed by atoms with Gasteiger partial charge < -0.3 is 16.3 Å².